The highest BCUT2D eigenvalue weighted by Gasteiger charge is 2.32. The predicted molar refractivity (Wildman–Crippen MR) is 47.4 cm³/mol. The summed E-state index contributed by atoms with van der Waals surface area (Å²) in [5, 5.41) is 4.72. The van der Waals surface area contributed by atoms with Crippen LogP contribution in [0.3, 0.4) is 0 Å². The third-order valence-electron chi connectivity index (χ3n) is 2.20. The topological polar surface area (TPSA) is 19.4 Å². The summed E-state index contributed by atoms with van der Waals surface area (Å²) >= 11 is 0. The molecular weight excluding hydrogens is 150 g/mol. The second kappa shape index (κ2) is 3.65. The molecule has 0 aromatic carbocycles. The molecule has 0 saturated carbocycles. The Morgan fingerprint density at radius 3 is 1.33 bits per heavy atom. The maximum Gasteiger partial charge on any atom is 0.0275 e. The summed E-state index contributed by atoms with van der Waals surface area (Å²) in [5.41, 5.74) is 0. The first kappa shape index (κ1) is 7.71. The number of piperazine rings is 1. The van der Waals surface area contributed by atoms with Crippen LogP contribution in [-0.4, -0.2) is 41.2 Å². The second-order valence-electron chi connectivity index (χ2n) is 2.93. The average molecular weight is 163 g/mol. The zero-order chi connectivity index (χ0) is 8.23. The molecule has 2 fully saturated rings. The van der Waals surface area contributed by atoms with Crippen LogP contribution < -0.4 is 0 Å². The van der Waals surface area contributed by atoms with Crippen molar-refractivity contribution in [3.63, 3.8) is 0 Å². The van der Waals surface area contributed by atoms with Crippen molar-refractivity contribution in [3.8, 4) is 0 Å². The SMILES string of the molecule is C1CN2CCN12.c1ccncc1. The van der Waals surface area contributed by atoms with E-state index in [1.54, 1.807) is 12.4 Å². The van der Waals surface area contributed by atoms with Crippen LogP contribution in [0.2, 0.25) is 0 Å². The highest BCUT2D eigenvalue weighted by molar-refractivity contribution is 4.88. The quantitative estimate of drug-likeness (QED) is 0.558. The average Bonchev–Trinajstić information content (AvgIpc) is 2.15. The number of hydrazine groups is 1. The zero-order valence-corrected chi connectivity index (χ0v) is 7.06. The van der Waals surface area contributed by atoms with E-state index in [1.807, 2.05) is 18.2 Å². The summed E-state index contributed by atoms with van der Waals surface area (Å²) in [7, 11) is 0. The summed E-state index contributed by atoms with van der Waals surface area (Å²) in [6, 6.07) is 5.72. The van der Waals surface area contributed by atoms with Gasteiger partial charge in [0, 0.05) is 38.6 Å². The van der Waals surface area contributed by atoms with E-state index in [0.29, 0.717) is 0 Å². The van der Waals surface area contributed by atoms with Crippen LogP contribution in [0, 0.1) is 0 Å². The van der Waals surface area contributed by atoms with Gasteiger partial charge in [0.15, 0.2) is 0 Å². The number of nitrogens with zero attached hydrogens (tertiary/aromatic N) is 3. The Bertz CT molecular complexity index is 180. The van der Waals surface area contributed by atoms with Crippen LogP contribution >= 0.6 is 0 Å². The Balaban J connectivity index is 0.0000000939. The van der Waals surface area contributed by atoms with Crippen molar-refractivity contribution < 1.29 is 0 Å². The van der Waals surface area contributed by atoms with Crippen molar-refractivity contribution in [2.75, 3.05) is 26.2 Å². The minimum absolute atomic E-state index is 1.32. The van der Waals surface area contributed by atoms with Crippen molar-refractivity contribution in [3.05, 3.63) is 30.6 Å². The second-order valence-corrected chi connectivity index (χ2v) is 2.93. The molecule has 0 unspecified atom stereocenters. The van der Waals surface area contributed by atoms with Gasteiger partial charge in [-0.1, -0.05) is 6.07 Å². The van der Waals surface area contributed by atoms with Crippen LogP contribution in [0.1, 0.15) is 0 Å². The molecule has 3 rings (SSSR count). The molecule has 2 aliphatic heterocycles. The number of fused-ring (bicyclic) bond motifs is 1. The number of rotatable bonds is 0. The Kier molecular flexibility index (Phi) is 2.34. The summed E-state index contributed by atoms with van der Waals surface area (Å²) < 4.78 is 0. The van der Waals surface area contributed by atoms with E-state index in [4.69, 9.17) is 0 Å². The number of hydrogen-bond acceptors (Lipinski definition) is 3. The third-order valence-corrected chi connectivity index (χ3v) is 2.20. The standard InChI is InChI=1S/C5H5N.C4H8N2/c1-2-4-6-5-3-1;1-2-6-4-3-5(1)6/h1-5H;1-4H2. The van der Waals surface area contributed by atoms with E-state index in [1.165, 1.54) is 26.2 Å². The first-order valence-electron chi connectivity index (χ1n) is 4.31. The van der Waals surface area contributed by atoms with Crippen molar-refractivity contribution in [1.82, 2.24) is 15.0 Å². The first-order valence-corrected chi connectivity index (χ1v) is 4.31. The van der Waals surface area contributed by atoms with Crippen LogP contribution in [0.5, 0.6) is 0 Å². The molecule has 1 aromatic rings. The van der Waals surface area contributed by atoms with Crippen molar-refractivity contribution >= 4 is 0 Å². The molecule has 2 saturated heterocycles. The molecule has 1 aromatic heterocycles. The van der Waals surface area contributed by atoms with Gasteiger partial charge in [-0.2, -0.15) is 0 Å². The van der Waals surface area contributed by atoms with Gasteiger partial charge in [-0.3, -0.25) is 4.98 Å². The lowest BCUT2D eigenvalue weighted by molar-refractivity contribution is -0.189. The molecule has 0 atom stereocenters. The maximum atomic E-state index is 3.78. The smallest absolute Gasteiger partial charge is 0.0275 e. The molecule has 0 aliphatic carbocycles. The molecule has 0 N–H and O–H groups in total. The molecule has 0 spiro atoms. The lowest BCUT2D eigenvalue weighted by Crippen LogP contribution is -2.68. The number of pyridine rings is 1. The highest BCUT2D eigenvalue weighted by Crippen LogP contribution is 2.16. The van der Waals surface area contributed by atoms with Gasteiger partial charge in [-0.05, 0) is 12.1 Å². The summed E-state index contributed by atoms with van der Waals surface area (Å²) in [6.07, 6.45) is 3.50. The van der Waals surface area contributed by atoms with Crippen molar-refractivity contribution in [2.24, 2.45) is 0 Å². The largest absolute Gasteiger partial charge is 0.265 e. The summed E-state index contributed by atoms with van der Waals surface area (Å²) in [6.45, 7) is 5.28. The van der Waals surface area contributed by atoms with Crippen LogP contribution in [-0.2, 0) is 0 Å². The van der Waals surface area contributed by atoms with Gasteiger partial charge >= 0.3 is 0 Å². The maximum absolute atomic E-state index is 3.78. The highest BCUT2D eigenvalue weighted by atomic mass is 15.7. The molecule has 2 aliphatic rings. The Hall–Kier alpha value is -0.930. The van der Waals surface area contributed by atoms with Crippen molar-refractivity contribution in [1.29, 1.82) is 0 Å². The molecule has 64 valence electrons. The van der Waals surface area contributed by atoms with Crippen LogP contribution in [0.25, 0.3) is 0 Å². The summed E-state index contributed by atoms with van der Waals surface area (Å²) in [4.78, 5) is 3.78. The van der Waals surface area contributed by atoms with Gasteiger partial charge in [-0.25, -0.2) is 10.0 Å². The molecule has 0 amide bonds. The monoisotopic (exact) mass is 163 g/mol. The molecule has 0 radical (unpaired) electrons. The van der Waals surface area contributed by atoms with Gasteiger partial charge < -0.3 is 0 Å². The molecule has 0 bridgehead atoms. The molecule has 3 heteroatoms. The van der Waals surface area contributed by atoms with Crippen LogP contribution in [0.4, 0.5) is 0 Å². The van der Waals surface area contributed by atoms with E-state index in [-0.39, 0.29) is 0 Å². The zero-order valence-electron chi connectivity index (χ0n) is 7.06. The molecular formula is C9H13N3. The normalized spacial score (nSPS) is 21.0. The van der Waals surface area contributed by atoms with E-state index >= 15 is 0 Å². The van der Waals surface area contributed by atoms with Gasteiger partial charge in [0.25, 0.3) is 0 Å². The van der Waals surface area contributed by atoms with Crippen LogP contribution in [0.15, 0.2) is 30.6 Å². The summed E-state index contributed by atoms with van der Waals surface area (Å²) in [5.74, 6) is 0. The Morgan fingerprint density at radius 2 is 1.25 bits per heavy atom. The van der Waals surface area contributed by atoms with E-state index < -0.39 is 0 Å². The van der Waals surface area contributed by atoms with E-state index in [0.717, 1.165) is 0 Å². The number of hydrogen-bond donors (Lipinski definition) is 0. The fourth-order valence-electron chi connectivity index (χ4n) is 1.30. The Labute approximate surface area is 72.6 Å². The van der Waals surface area contributed by atoms with Gasteiger partial charge in [0.1, 0.15) is 0 Å². The van der Waals surface area contributed by atoms with Crippen molar-refractivity contribution in [2.45, 2.75) is 0 Å². The first-order chi connectivity index (χ1) is 5.97. The molecule has 3 nitrogen and oxygen atoms in total. The molecule has 12 heavy (non-hydrogen) atoms. The number of aromatic nitrogens is 1. The molecule has 3 heterocycles. The lowest BCUT2D eigenvalue weighted by atomic mass is 10.3. The van der Waals surface area contributed by atoms with Gasteiger partial charge in [0.2, 0.25) is 0 Å². The predicted octanol–water partition coefficient (Wildman–Crippen LogP) is 0.614. The van der Waals surface area contributed by atoms with E-state index in [2.05, 4.69) is 15.0 Å². The van der Waals surface area contributed by atoms with E-state index in [9.17, 15) is 0 Å². The lowest BCUT2D eigenvalue weighted by Gasteiger charge is -2.52. The minimum atomic E-state index is 1.32. The minimum Gasteiger partial charge on any atom is -0.265 e. The fraction of sp³-hybridized carbons (Fsp3) is 0.444. The van der Waals surface area contributed by atoms with Gasteiger partial charge in [0.05, 0.1) is 0 Å². The van der Waals surface area contributed by atoms with Gasteiger partial charge in [-0.15, -0.1) is 0 Å². The third kappa shape index (κ3) is 1.62. The Morgan fingerprint density at radius 1 is 0.750 bits per heavy atom. The fourth-order valence-corrected chi connectivity index (χ4v) is 1.30.